The molecule has 2 N–H and O–H groups in total. The third kappa shape index (κ3) is 5.55. The quantitative estimate of drug-likeness (QED) is 0.550. The van der Waals surface area contributed by atoms with E-state index in [1.165, 1.54) is 18.4 Å². The van der Waals surface area contributed by atoms with Crippen molar-refractivity contribution in [3.8, 4) is 11.1 Å². The zero-order valence-corrected chi connectivity index (χ0v) is 20.3. The molecule has 0 spiro atoms. The molecule has 0 unspecified atom stereocenters. The lowest BCUT2D eigenvalue weighted by atomic mass is 9.98. The van der Waals surface area contributed by atoms with E-state index in [9.17, 15) is 4.79 Å². The van der Waals surface area contributed by atoms with Crippen molar-refractivity contribution in [3.63, 3.8) is 0 Å². The molecule has 5 rings (SSSR count). The van der Waals surface area contributed by atoms with E-state index in [0.717, 1.165) is 54.1 Å². The summed E-state index contributed by atoms with van der Waals surface area (Å²) in [5.74, 6) is -0.241. The van der Waals surface area contributed by atoms with Crippen LogP contribution in [0.25, 0.3) is 11.1 Å². The maximum atomic E-state index is 13.2. The number of pyridine rings is 2. The van der Waals surface area contributed by atoms with Gasteiger partial charge in [0.05, 0.1) is 11.9 Å². The Morgan fingerprint density at radius 2 is 1.80 bits per heavy atom. The van der Waals surface area contributed by atoms with Crippen LogP contribution in [0, 0.1) is 0 Å². The number of hydrogen-bond acceptors (Lipinski definition) is 7. The highest BCUT2D eigenvalue weighted by Gasteiger charge is 2.22. The van der Waals surface area contributed by atoms with Gasteiger partial charge in [0, 0.05) is 48.5 Å². The Labute approximate surface area is 206 Å². The van der Waals surface area contributed by atoms with Gasteiger partial charge in [-0.3, -0.25) is 24.7 Å². The van der Waals surface area contributed by atoms with Crippen LogP contribution in [-0.2, 0) is 17.9 Å². The molecule has 0 atom stereocenters. The zero-order valence-electron chi connectivity index (χ0n) is 20.3. The number of amides is 1. The second-order valence-corrected chi connectivity index (χ2v) is 9.44. The van der Waals surface area contributed by atoms with Gasteiger partial charge in [-0.1, -0.05) is 6.07 Å². The molecular formula is C27H31N7O. The minimum atomic E-state index is -0.241. The topological polar surface area (TPSA) is 85.8 Å². The minimum Gasteiger partial charge on any atom is -0.366 e. The molecule has 0 radical (unpaired) electrons. The molecule has 0 aliphatic carbocycles. The number of aromatic nitrogens is 2. The van der Waals surface area contributed by atoms with Crippen molar-refractivity contribution in [1.82, 2.24) is 19.8 Å². The number of carbonyl (C=O) groups excluding carboxylic acids is 1. The summed E-state index contributed by atoms with van der Waals surface area (Å²) < 4.78 is 0. The normalized spacial score (nSPS) is 15.5. The van der Waals surface area contributed by atoms with Gasteiger partial charge in [0.25, 0.3) is 5.91 Å². The molecule has 2 aliphatic rings. The van der Waals surface area contributed by atoms with Crippen molar-refractivity contribution in [2.45, 2.75) is 25.9 Å². The molecule has 0 bridgehead atoms. The van der Waals surface area contributed by atoms with E-state index >= 15 is 0 Å². The summed E-state index contributed by atoms with van der Waals surface area (Å²) in [6.07, 6.45) is 9.83. The molecule has 2 aliphatic heterocycles. The summed E-state index contributed by atoms with van der Waals surface area (Å²) in [5, 5.41) is 6.25. The van der Waals surface area contributed by atoms with Gasteiger partial charge in [-0.15, -0.1) is 0 Å². The number of hydrogen-bond donors (Lipinski definition) is 2. The van der Waals surface area contributed by atoms with Crippen LogP contribution in [0.15, 0.2) is 60.1 Å². The highest BCUT2D eigenvalue weighted by molar-refractivity contribution is 6.50. The average molecular weight is 470 g/mol. The van der Waals surface area contributed by atoms with Gasteiger partial charge in [0.15, 0.2) is 0 Å². The SMILES string of the molecule is CN(C)Cc1cncc(NC(=O)C2=NCNc3ccc(-c4cncc(CN5CCCC5)c4)cc32)c1. The van der Waals surface area contributed by atoms with Gasteiger partial charge < -0.3 is 15.5 Å². The summed E-state index contributed by atoms with van der Waals surface area (Å²) in [6.45, 7) is 4.33. The van der Waals surface area contributed by atoms with Crippen molar-refractivity contribution in [2.75, 3.05) is 44.5 Å². The first-order chi connectivity index (χ1) is 17.0. The van der Waals surface area contributed by atoms with Crippen LogP contribution in [0.1, 0.15) is 29.5 Å². The first-order valence-electron chi connectivity index (χ1n) is 12.0. The number of anilines is 2. The lowest BCUT2D eigenvalue weighted by Crippen LogP contribution is -2.28. The maximum absolute atomic E-state index is 13.2. The highest BCUT2D eigenvalue weighted by Crippen LogP contribution is 2.28. The molecule has 1 aromatic carbocycles. The first kappa shape index (κ1) is 23.1. The molecule has 35 heavy (non-hydrogen) atoms. The van der Waals surface area contributed by atoms with Crippen molar-refractivity contribution in [2.24, 2.45) is 4.99 Å². The Bertz CT molecular complexity index is 1250. The van der Waals surface area contributed by atoms with Gasteiger partial charge in [-0.25, -0.2) is 0 Å². The van der Waals surface area contributed by atoms with Crippen LogP contribution in [-0.4, -0.2) is 65.2 Å². The summed E-state index contributed by atoms with van der Waals surface area (Å²) in [7, 11) is 4.00. The van der Waals surface area contributed by atoms with Crippen molar-refractivity contribution in [1.29, 1.82) is 0 Å². The second kappa shape index (κ2) is 10.3. The highest BCUT2D eigenvalue weighted by atomic mass is 16.1. The first-order valence-corrected chi connectivity index (χ1v) is 12.0. The standard InChI is InChI=1S/C27H31N7O/c1-33(2)16-20-10-23(15-29-13-20)32-27(35)26-24-11-21(5-6-25(24)30-18-31-26)22-9-19(12-28-14-22)17-34-7-3-4-8-34/h5-6,9-15,30H,3-4,7-8,16-18H2,1-2H3,(H,32,35). The van der Waals surface area contributed by atoms with Crippen LogP contribution in [0.3, 0.4) is 0 Å². The monoisotopic (exact) mass is 469 g/mol. The fourth-order valence-corrected chi connectivity index (χ4v) is 4.69. The van der Waals surface area contributed by atoms with Gasteiger partial charge in [-0.05, 0) is 81.0 Å². The van der Waals surface area contributed by atoms with Crippen molar-refractivity contribution in [3.05, 3.63) is 71.8 Å². The fraction of sp³-hybridized carbons (Fsp3) is 0.333. The lowest BCUT2D eigenvalue weighted by Gasteiger charge is -2.20. The predicted octanol–water partition coefficient (Wildman–Crippen LogP) is 3.61. The second-order valence-electron chi connectivity index (χ2n) is 9.44. The number of nitrogens with zero attached hydrogens (tertiary/aromatic N) is 5. The summed E-state index contributed by atoms with van der Waals surface area (Å²) in [6, 6.07) is 10.2. The molecule has 8 nitrogen and oxygen atoms in total. The largest absolute Gasteiger partial charge is 0.366 e. The van der Waals surface area contributed by atoms with Gasteiger partial charge >= 0.3 is 0 Å². The van der Waals surface area contributed by atoms with E-state index in [1.807, 2.05) is 50.9 Å². The molecule has 2 aromatic heterocycles. The molecule has 3 aromatic rings. The smallest absolute Gasteiger partial charge is 0.274 e. The Morgan fingerprint density at radius 3 is 2.63 bits per heavy atom. The Morgan fingerprint density at radius 1 is 1.00 bits per heavy atom. The number of fused-ring (bicyclic) bond motifs is 1. The minimum absolute atomic E-state index is 0.241. The maximum Gasteiger partial charge on any atom is 0.274 e. The number of rotatable bonds is 7. The van der Waals surface area contributed by atoms with E-state index in [0.29, 0.717) is 18.1 Å². The molecule has 1 saturated heterocycles. The van der Waals surface area contributed by atoms with E-state index < -0.39 is 0 Å². The Balaban J connectivity index is 1.37. The summed E-state index contributed by atoms with van der Waals surface area (Å²) in [4.78, 5) is 31.0. The van der Waals surface area contributed by atoms with E-state index in [2.05, 4.69) is 47.5 Å². The van der Waals surface area contributed by atoms with Crippen LogP contribution < -0.4 is 10.6 Å². The fourth-order valence-electron chi connectivity index (χ4n) is 4.69. The third-order valence-corrected chi connectivity index (χ3v) is 6.28. The van der Waals surface area contributed by atoms with Gasteiger partial charge in [-0.2, -0.15) is 0 Å². The number of carbonyl (C=O) groups is 1. The average Bonchev–Trinajstić information content (AvgIpc) is 3.36. The van der Waals surface area contributed by atoms with Crippen LogP contribution in [0.2, 0.25) is 0 Å². The molecule has 1 fully saturated rings. The van der Waals surface area contributed by atoms with Crippen molar-refractivity contribution >= 4 is 23.0 Å². The lowest BCUT2D eigenvalue weighted by molar-refractivity contribution is -0.110. The predicted molar refractivity (Wildman–Crippen MR) is 139 cm³/mol. The Hall–Kier alpha value is -3.62. The Kier molecular flexibility index (Phi) is 6.83. The van der Waals surface area contributed by atoms with E-state index in [4.69, 9.17) is 0 Å². The van der Waals surface area contributed by atoms with Gasteiger partial charge in [0.2, 0.25) is 0 Å². The van der Waals surface area contributed by atoms with Crippen LogP contribution in [0.4, 0.5) is 11.4 Å². The molecule has 0 saturated carbocycles. The molecule has 8 heteroatoms. The number of benzene rings is 1. The van der Waals surface area contributed by atoms with Gasteiger partial charge in [0.1, 0.15) is 12.4 Å². The third-order valence-electron chi connectivity index (χ3n) is 6.28. The van der Waals surface area contributed by atoms with Crippen LogP contribution in [0.5, 0.6) is 0 Å². The van der Waals surface area contributed by atoms with E-state index in [1.54, 1.807) is 6.20 Å². The van der Waals surface area contributed by atoms with Crippen LogP contribution >= 0.6 is 0 Å². The molecule has 180 valence electrons. The number of aliphatic imine (C=N–C) groups is 1. The molecule has 4 heterocycles. The zero-order chi connectivity index (χ0) is 24.2. The van der Waals surface area contributed by atoms with E-state index in [-0.39, 0.29) is 5.91 Å². The van der Waals surface area contributed by atoms with Crippen molar-refractivity contribution < 1.29 is 4.79 Å². The molecule has 1 amide bonds. The summed E-state index contributed by atoms with van der Waals surface area (Å²) >= 11 is 0. The number of likely N-dealkylation sites (tertiary alicyclic amines) is 1. The molecular weight excluding hydrogens is 438 g/mol. The summed E-state index contributed by atoms with van der Waals surface area (Å²) in [5.41, 5.74) is 7.05. The number of nitrogens with one attached hydrogen (secondary N) is 2.